The summed E-state index contributed by atoms with van der Waals surface area (Å²) in [5, 5.41) is 6.76. The Kier molecular flexibility index (Phi) is 6.62. The van der Waals surface area contributed by atoms with Crippen molar-refractivity contribution in [3.05, 3.63) is 39.2 Å². The minimum atomic E-state index is -0.354. The molecule has 1 aromatic carbocycles. The number of rotatable bonds is 3. The van der Waals surface area contributed by atoms with Crippen molar-refractivity contribution in [2.24, 2.45) is 4.99 Å². The van der Waals surface area contributed by atoms with Crippen LogP contribution < -0.4 is 10.6 Å². The molecule has 3 rings (SSSR count). The van der Waals surface area contributed by atoms with Gasteiger partial charge in [0.15, 0.2) is 5.17 Å². The number of hydrogen-bond acceptors (Lipinski definition) is 4. The molecular weight excluding hydrogens is 393 g/mol. The fourth-order valence-electron chi connectivity index (χ4n) is 2.96. The fourth-order valence-corrected chi connectivity index (χ4v) is 4.24. The first kappa shape index (κ1) is 19.3. The smallest absolute Gasteiger partial charge is 0.264 e. The first-order valence-electron chi connectivity index (χ1n) is 8.57. The van der Waals surface area contributed by atoms with Gasteiger partial charge in [0.1, 0.15) is 5.69 Å². The largest absolute Gasteiger partial charge is 0.350 e. The number of carbonyl (C=O) groups excluding carboxylic acids is 2. The standard InChI is InChI=1S/C18H19Cl2N3O2S/c19-12-8-5-9-13(20)16(12)22-18-23-17(25)14(26-18)10-15(24)21-11-6-3-1-2-4-7-11/h5,8-11H,1-4,6-7H2,(H,21,24)(H,22,23,25)/b14-10+. The van der Waals surface area contributed by atoms with Gasteiger partial charge in [-0.3, -0.25) is 9.59 Å². The molecule has 2 aliphatic rings. The van der Waals surface area contributed by atoms with Crippen LogP contribution in [0.2, 0.25) is 10.0 Å². The zero-order valence-corrected chi connectivity index (χ0v) is 16.4. The molecule has 8 heteroatoms. The Hall–Kier alpha value is -1.50. The maximum Gasteiger partial charge on any atom is 0.264 e. The number of para-hydroxylation sites is 1. The van der Waals surface area contributed by atoms with Crippen molar-refractivity contribution in [1.82, 2.24) is 10.6 Å². The summed E-state index contributed by atoms with van der Waals surface area (Å²) in [6.45, 7) is 0. The highest BCUT2D eigenvalue weighted by Gasteiger charge is 2.26. The van der Waals surface area contributed by atoms with Gasteiger partial charge in [-0.2, -0.15) is 0 Å². The van der Waals surface area contributed by atoms with E-state index in [1.807, 2.05) is 0 Å². The van der Waals surface area contributed by atoms with Gasteiger partial charge >= 0.3 is 0 Å². The van der Waals surface area contributed by atoms with E-state index in [4.69, 9.17) is 23.2 Å². The second kappa shape index (κ2) is 8.93. The molecular formula is C18H19Cl2N3O2S. The minimum absolute atomic E-state index is 0.186. The van der Waals surface area contributed by atoms with Gasteiger partial charge < -0.3 is 10.6 Å². The van der Waals surface area contributed by atoms with E-state index in [0.717, 1.165) is 37.4 Å². The third kappa shape index (κ3) is 5.02. The molecule has 0 spiro atoms. The molecule has 0 bridgehead atoms. The van der Waals surface area contributed by atoms with Gasteiger partial charge in [0, 0.05) is 12.1 Å². The van der Waals surface area contributed by atoms with Crippen LogP contribution in [-0.4, -0.2) is 23.0 Å². The third-order valence-electron chi connectivity index (χ3n) is 4.27. The summed E-state index contributed by atoms with van der Waals surface area (Å²) in [6, 6.07) is 5.25. The Balaban J connectivity index is 1.68. The quantitative estimate of drug-likeness (QED) is 0.565. The highest BCUT2D eigenvalue weighted by atomic mass is 35.5. The van der Waals surface area contributed by atoms with Crippen molar-refractivity contribution in [2.45, 2.75) is 44.6 Å². The van der Waals surface area contributed by atoms with E-state index in [1.54, 1.807) is 18.2 Å². The van der Waals surface area contributed by atoms with Crippen LogP contribution in [0, 0.1) is 0 Å². The maximum absolute atomic E-state index is 12.2. The van der Waals surface area contributed by atoms with Crippen LogP contribution in [-0.2, 0) is 9.59 Å². The highest BCUT2D eigenvalue weighted by molar-refractivity contribution is 8.18. The van der Waals surface area contributed by atoms with E-state index in [0.29, 0.717) is 25.8 Å². The summed E-state index contributed by atoms with van der Waals surface area (Å²) in [5.41, 5.74) is 0.391. The van der Waals surface area contributed by atoms with Gasteiger partial charge in [0.05, 0.1) is 15.0 Å². The van der Waals surface area contributed by atoms with Crippen molar-refractivity contribution in [3.63, 3.8) is 0 Å². The SMILES string of the molecule is O=C(/C=C1/SC(=Nc2c(Cl)cccc2Cl)NC1=O)NC1CCCCCC1. The van der Waals surface area contributed by atoms with Crippen LogP contribution in [0.15, 0.2) is 34.2 Å². The Bertz CT molecular complexity index is 751. The molecule has 1 aliphatic carbocycles. The normalized spacial score (nSPS) is 21.7. The number of amides is 2. The second-order valence-corrected chi connectivity index (χ2v) is 8.09. The number of nitrogens with zero attached hydrogens (tertiary/aromatic N) is 1. The van der Waals surface area contributed by atoms with E-state index < -0.39 is 0 Å². The van der Waals surface area contributed by atoms with Gasteiger partial charge in [-0.05, 0) is 36.7 Å². The van der Waals surface area contributed by atoms with Gasteiger partial charge in [0.2, 0.25) is 5.91 Å². The predicted molar refractivity (Wildman–Crippen MR) is 107 cm³/mol. The van der Waals surface area contributed by atoms with Gasteiger partial charge in [-0.1, -0.05) is 55.0 Å². The summed E-state index contributed by atoms with van der Waals surface area (Å²) in [4.78, 5) is 28.9. The molecule has 1 heterocycles. The predicted octanol–water partition coefficient (Wildman–Crippen LogP) is 4.57. The molecule has 0 atom stereocenters. The van der Waals surface area contributed by atoms with E-state index in [1.165, 1.54) is 18.9 Å². The Morgan fingerprint density at radius 3 is 2.50 bits per heavy atom. The number of hydrogen-bond donors (Lipinski definition) is 2. The third-order valence-corrected chi connectivity index (χ3v) is 5.79. The fraction of sp³-hybridized carbons (Fsp3) is 0.389. The molecule has 2 fully saturated rings. The van der Waals surface area contributed by atoms with Crippen LogP contribution in [0.25, 0.3) is 0 Å². The van der Waals surface area contributed by atoms with Crippen molar-refractivity contribution < 1.29 is 9.59 Å². The number of halogens is 2. The number of nitrogens with one attached hydrogen (secondary N) is 2. The maximum atomic E-state index is 12.2. The first-order chi connectivity index (χ1) is 12.5. The molecule has 26 heavy (non-hydrogen) atoms. The zero-order valence-electron chi connectivity index (χ0n) is 14.1. The summed E-state index contributed by atoms with van der Waals surface area (Å²) >= 11 is 13.3. The molecule has 1 aliphatic heterocycles. The summed E-state index contributed by atoms with van der Waals surface area (Å²) < 4.78 is 0. The molecule has 0 aromatic heterocycles. The minimum Gasteiger partial charge on any atom is -0.350 e. The van der Waals surface area contributed by atoms with Crippen LogP contribution in [0.5, 0.6) is 0 Å². The van der Waals surface area contributed by atoms with Crippen LogP contribution in [0.1, 0.15) is 38.5 Å². The van der Waals surface area contributed by atoms with E-state index >= 15 is 0 Å². The first-order valence-corrected chi connectivity index (χ1v) is 10.1. The lowest BCUT2D eigenvalue weighted by Crippen LogP contribution is -2.33. The molecule has 1 aromatic rings. The lowest BCUT2D eigenvalue weighted by atomic mass is 10.1. The molecule has 138 valence electrons. The average molecular weight is 412 g/mol. The molecule has 5 nitrogen and oxygen atoms in total. The van der Waals surface area contributed by atoms with Crippen molar-refractivity contribution >= 4 is 57.6 Å². The lowest BCUT2D eigenvalue weighted by molar-refractivity contribution is -0.118. The molecule has 1 saturated carbocycles. The Labute approximate surface area is 166 Å². The van der Waals surface area contributed by atoms with Gasteiger partial charge in [-0.15, -0.1) is 0 Å². The van der Waals surface area contributed by atoms with E-state index in [9.17, 15) is 9.59 Å². The van der Waals surface area contributed by atoms with E-state index in [-0.39, 0.29) is 17.9 Å². The summed E-state index contributed by atoms with van der Waals surface area (Å²) in [7, 11) is 0. The van der Waals surface area contributed by atoms with Crippen LogP contribution >= 0.6 is 35.0 Å². The van der Waals surface area contributed by atoms with Crippen molar-refractivity contribution in [1.29, 1.82) is 0 Å². The molecule has 0 radical (unpaired) electrons. The second-order valence-electron chi connectivity index (χ2n) is 6.25. The number of aliphatic imine (C=N–C) groups is 1. The zero-order chi connectivity index (χ0) is 18.5. The average Bonchev–Trinajstić information content (AvgIpc) is 2.78. The Morgan fingerprint density at radius 1 is 1.19 bits per heavy atom. The molecule has 2 amide bonds. The number of amidine groups is 1. The number of carbonyl (C=O) groups is 2. The summed E-state index contributed by atoms with van der Waals surface area (Å²) in [5.74, 6) is -0.598. The van der Waals surface area contributed by atoms with E-state index in [2.05, 4.69) is 15.6 Å². The van der Waals surface area contributed by atoms with Gasteiger partial charge in [0.25, 0.3) is 5.91 Å². The van der Waals surface area contributed by atoms with Crippen molar-refractivity contribution in [2.75, 3.05) is 0 Å². The highest BCUT2D eigenvalue weighted by Crippen LogP contribution is 2.35. The number of benzene rings is 1. The topological polar surface area (TPSA) is 70.6 Å². The molecule has 1 saturated heterocycles. The van der Waals surface area contributed by atoms with Crippen LogP contribution in [0.4, 0.5) is 5.69 Å². The van der Waals surface area contributed by atoms with Crippen LogP contribution in [0.3, 0.4) is 0 Å². The summed E-state index contributed by atoms with van der Waals surface area (Å²) in [6.07, 6.45) is 8.02. The lowest BCUT2D eigenvalue weighted by Gasteiger charge is -2.14. The monoisotopic (exact) mass is 411 g/mol. The molecule has 0 unspecified atom stereocenters. The number of thioether (sulfide) groups is 1. The van der Waals surface area contributed by atoms with Crippen molar-refractivity contribution in [3.8, 4) is 0 Å². The Morgan fingerprint density at radius 2 is 1.85 bits per heavy atom. The van der Waals surface area contributed by atoms with Gasteiger partial charge in [-0.25, -0.2) is 4.99 Å². The molecule has 2 N–H and O–H groups in total.